The largest absolute Gasteiger partial charge is 0.385 e. The van der Waals surface area contributed by atoms with E-state index in [1.54, 1.807) is 12.1 Å². The Morgan fingerprint density at radius 3 is 2.14 bits per heavy atom. The monoisotopic (exact) mass is 418 g/mol. The van der Waals surface area contributed by atoms with Crippen molar-refractivity contribution in [3.05, 3.63) is 34.9 Å². The number of carbonyl (C=O) groups is 2. The van der Waals surface area contributed by atoms with Gasteiger partial charge in [-0.25, -0.2) is 0 Å². The van der Waals surface area contributed by atoms with Gasteiger partial charge in [-0.15, -0.1) is 0 Å². The molecule has 158 valence electrons. The van der Waals surface area contributed by atoms with Crippen molar-refractivity contribution in [2.24, 2.45) is 17.8 Å². The van der Waals surface area contributed by atoms with Gasteiger partial charge in [0.25, 0.3) is 0 Å². The van der Waals surface area contributed by atoms with Gasteiger partial charge >= 0.3 is 0 Å². The fourth-order valence-electron chi connectivity index (χ4n) is 5.33. The lowest BCUT2D eigenvalue weighted by molar-refractivity contribution is -0.143. The number of nitrogens with zero attached hydrogens (tertiary/aromatic N) is 1. The lowest BCUT2D eigenvalue weighted by atomic mass is 9.84. The highest BCUT2D eigenvalue weighted by molar-refractivity contribution is 6.30. The molecule has 2 atom stereocenters. The van der Waals surface area contributed by atoms with Crippen molar-refractivity contribution in [2.45, 2.75) is 63.5 Å². The van der Waals surface area contributed by atoms with E-state index in [1.165, 1.54) is 0 Å². The standard InChI is InChI=1S/C23H31ClN2O3/c1-15-16(2)23(15,25-20(27)17-5-3-4-6-17)21(28)26-13-11-22(29,12-14-26)18-7-9-19(24)10-8-18/h7-10,15-17,29H,3-6,11-14H2,1-2H3,(H,25,27). The summed E-state index contributed by atoms with van der Waals surface area (Å²) in [6.07, 6.45) is 5.01. The van der Waals surface area contributed by atoms with Crippen LogP contribution < -0.4 is 5.32 Å². The zero-order valence-corrected chi connectivity index (χ0v) is 18.0. The lowest BCUT2D eigenvalue weighted by Gasteiger charge is -2.40. The molecule has 2 unspecified atom stereocenters. The summed E-state index contributed by atoms with van der Waals surface area (Å²) >= 11 is 5.96. The smallest absolute Gasteiger partial charge is 0.248 e. The fourth-order valence-corrected chi connectivity index (χ4v) is 5.46. The molecule has 1 heterocycles. The van der Waals surface area contributed by atoms with Crippen LogP contribution in [0.15, 0.2) is 24.3 Å². The van der Waals surface area contributed by atoms with E-state index in [1.807, 2.05) is 30.9 Å². The number of rotatable bonds is 4. The van der Waals surface area contributed by atoms with Crippen LogP contribution in [0.2, 0.25) is 5.02 Å². The van der Waals surface area contributed by atoms with Crippen molar-refractivity contribution >= 4 is 23.4 Å². The minimum atomic E-state index is -0.942. The highest BCUT2D eigenvalue weighted by Gasteiger charge is 2.67. The number of nitrogens with one attached hydrogen (secondary N) is 1. The number of likely N-dealkylation sites (tertiary alicyclic amines) is 1. The first-order chi connectivity index (χ1) is 13.8. The molecule has 2 aliphatic carbocycles. The summed E-state index contributed by atoms with van der Waals surface area (Å²) in [5.41, 5.74) is -0.871. The minimum Gasteiger partial charge on any atom is -0.385 e. The summed E-state index contributed by atoms with van der Waals surface area (Å²) in [7, 11) is 0. The van der Waals surface area contributed by atoms with Crippen LogP contribution in [0, 0.1) is 17.8 Å². The molecule has 6 heteroatoms. The molecule has 0 aromatic heterocycles. The summed E-state index contributed by atoms with van der Waals surface area (Å²) in [5, 5.41) is 14.9. The Kier molecular flexibility index (Phi) is 5.41. The van der Waals surface area contributed by atoms with Gasteiger partial charge < -0.3 is 15.3 Å². The first-order valence-electron chi connectivity index (χ1n) is 10.9. The number of hydrogen-bond donors (Lipinski definition) is 2. The van der Waals surface area contributed by atoms with Crippen molar-refractivity contribution in [3.63, 3.8) is 0 Å². The molecule has 1 aromatic carbocycles. The van der Waals surface area contributed by atoms with Crippen LogP contribution in [0.25, 0.3) is 0 Å². The lowest BCUT2D eigenvalue weighted by Crippen LogP contribution is -2.56. The number of benzene rings is 1. The van der Waals surface area contributed by atoms with Gasteiger partial charge in [0, 0.05) is 24.0 Å². The van der Waals surface area contributed by atoms with Crippen LogP contribution in [0.5, 0.6) is 0 Å². The number of piperidine rings is 1. The molecule has 1 aliphatic heterocycles. The second kappa shape index (κ2) is 7.59. The number of carbonyl (C=O) groups excluding carboxylic acids is 2. The predicted octanol–water partition coefficient (Wildman–Crippen LogP) is 3.48. The van der Waals surface area contributed by atoms with Gasteiger partial charge in [0.1, 0.15) is 5.54 Å². The van der Waals surface area contributed by atoms with Crippen LogP contribution >= 0.6 is 11.6 Å². The van der Waals surface area contributed by atoms with Crippen LogP contribution in [0.1, 0.15) is 57.9 Å². The number of aliphatic hydroxyl groups is 1. The molecule has 0 bridgehead atoms. The first kappa shape index (κ1) is 20.7. The molecule has 29 heavy (non-hydrogen) atoms. The molecule has 1 saturated heterocycles. The molecule has 3 aliphatic rings. The third kappa shape index (κ3) is 3.57. The Balaban J connectivity index is 1.43. The van der Waals surface area contributed by atoms with Gasteiger partial charge in [0.2, 0.25) is 11.8 Å². The van der Waals surface area contributed by atoms with Gasteiger partial charge in [0.05, 0.1) is 5.60 Å². The maximum atomic E-state index is 13.5. The second-order valence-electron chi connectivity index (χ2n) is 9.25. The van der Waals surface area contributed by atoms with Gasteiger partial charge in [-0.3, -0.25) is 9.59 Å². The van der Waals surface area contributed by atoms with Crippen molar-refractivity contribution in [1.82, 2.24) is 10.2 Å². The summed E-state index contributed by atoms with van der Waals surface area (Å²) in [5.74, 6) is 0.384. The maximum absolute atomic E-state index is 13.5. The molecule has 5 nitrogen and oxygen atoms in total. The summed E-state index contributed by atoms with van der Waals surface area (Å²) in [4.78, 5) is 28.1. The van der Waals surface area contributed by atoms with Gasteiger partial charge in [-0.2, -0.15) is 0 Å². The van der Waals surface area contributed by atoms with E-state index in [4.69, 9.17) is 11.6 Å². The average molecular weight is 419 g/mol. The molecule has 4 rings (SSSR count). The molecule has 2 amide bonds. The summed E-state index contributed by atoms with van der Waals surface area (Å²) < 4.78 is 0. The molecule has 2 N–H and O–H groups in total. The average Bonchev–Trinajstić information content (AvgIpc) is 3.10. The normalized spacial score (nSPS) is 31.5. The van der Waals surface area contributed by atoms with Gasteiger partial charge in [-0.05, 0) is 55.2 Å². The number of halogens is 1. The Labute approximate surface area is 177 Å². The third-order valence-corrected chi connectivity index (χ3v) is 8.00. The number of amides is 2. The first-order valence-corrected chi connectivity index (χ1v) is 11.3. The van der Waals surface area contributed by atoms with E-state index < -0.39 is 11.1 Å². The Morgan fingerprint density at radius 1 is 1.07 bits per heavy atom. The summed E-state index contributed by atoms with van der Waals surface area (Å²) in [6.45, 7) is 5.06. The Hall–Kier alpha value is -1.59. The molecule has 0 radical (unpaired) electrons. The van der Waals surface area contributed by atoms with E-state index in [2.05, 4.69) is 5.32 Å². The van der Waals surface area contributed by atoms with E-state index >= 15 is 0 Å². The summed E-state index contributed by atoms with van der Waals surface area (Å²) in [6, 6.07) is 7.28. The van der Waals surface area contributed by atoms with Crippen LogP contribution in [-0.2, 0) is 15.2 Å². The quantitative estimate of drug-likeness (QED) is 0.786. The van der Waals surface area contributed by atoms with E-state index in [0.29, 0.717) is 31.0 Å². The maximum Gasteiger partial charge on any atom is 0.248 e. The zero-order chi connectivity index (χ0) is 20.8. The Bertz CT molecular complexity index is 772. The molecular weight excluding hydrogens is 388 g/mol. The highest BCUT2D eigenvalue weighted by Crippen LogP contribution is 2.52. The molecule has 3 fully saturated rings. The van der Waals surface area contributed by atoms with E-state index in [-0.39, 0.29) is 29.6 Å². The van der Waals surface area contributed by atoms with Gasteiger partial charge in [0.15, 0.2) is 0 Å². The van der Waals surface area contributed by atoms with Crippen LogP contribution in [0.3, 0.4) is 0 Å². The molecule has 1 aromatic rings. The number of hydrogen-bond acceptors (Lipinski definition) is 3. The predicted molar refractivity (Wildman–Crippen MR) is 112 cm³/mol. The zero-order valence-electron chi connectivity index (χ0n) is 17.3. The fraction of sp³-hybridized carbons (Fsp3) is 0.652. The van der Waals surface area contributed by atoms with E-state index in [0.717, 1.165) is 31.2 Å². The SMILES string of the molecule is CC1C(C)C1(NC(=O)C1CCCC1)C(=O)N1CCC(O)(c2ccc(Cl)cc2)CC1. The highest BCUT2D eigenvalue weighted by atomic mass is 35.5. The van der Waals surface area contributed by atoms with Crippen molar-refractivity contribution < 1.29 is 14.7 Å². The second-order valence-corrected chi connectivity index (χ2v) is 9.68. The Morgan fingerprint density at radius 2 is 1.62 bits per heavy atom. The van der Waals surface area contributed by atoms with Crippen molar-refractivity contribution in [1.29, 1.82) is 0 Å². The third-order valence-electron chi connectivity index (χ3n) is 7.75. The van der Waals surface area contributed by atoms with E-state index in [9.17, 15) is 14.7 Å². The van der Waals surface area contributed by atoms with Crippen LogP contribution in [0.4, 0.5) is 0 Å². The van der Waals surface area contributed by atoms with Crippen molar-refractivity contribution in [3.8, 4) is 0 Å². The van der Waals surface area contributed by atoms with Gasteiger partial charge in [-0.1, -0.05) is 50.4 Å². The minimum absolute atomic E-state index is 0.0157. The van der Waals surface area contributed by atoms with Crippen molar-refractivity contribution in [2.75, 3.05) is 13.1 Å². The van der Waals surface area contributed by atoms with Crippen LogP contribution in [-0.4, -0.2) is 40.4 Å². The molecular formula is C23H31ClN2O3. The topological polar surface area (TPSA) is 69.6 Å². The molecule has 0 spiro atoms. The molecule has 2 saturated carbocycles.